The molecule has 4 heterocycles. The maximum absolute atomic E-state index is 13.0. The molecule has 2 aromatic carbocycles. The molecule has 4 aromatic heterocycles. The highest BCUT2D eigenvalue weighted by molar-refractivity contribution is 7.18. The molecule has 180 valence electrons. The third-order valence-electron chi connectivity index (χ3n) is 5.95. The normalized spacial score (nSPS) is 12.0. The second-order valence-corrected chi connectivity index (χ2v) is 9.09. The molecule has 0 spiro atoms. The van der Waals surface area contributed by atoms with Gasteiger partial charge in [0.15, 0.2) is 10.8 Å². The summed E-state index contributed by atoms with van der Waals surface area (Å²) in [5, 5.41) is 7.16. The monoisotopic (exact) mass is 517 g/mol. The highest BCUT2D eigenvalue weighted by atomic mass is 35.5. The van der Waals surface area contributed by atoms with E-state index >= 15 is 0 Å². The standard InChI is InChI=1S/C25H19N7O2S.ClH/c1-13(32-23-19(22(26)29-12-30-23)20(31-32)17-11-28-25(27)35-17)21-18(14-7-3-2-4-8-14)15-9-5-6-10-16(15)24(33)34-21;/h2-13H,1H3,(H2,27,28)(H2,26,29,30);1H. The van der Waals surface area contributed by atoms with Crippen molar-refractivity contribution in [2.24, 2.45) is 0 Å². The molecule has 0 aliphatic carbocycles. The quantitative estimate of drug-likeness (QED) is 0.336. The summed E-state index contributed by atoms with van der Waals surface area (Å²) >= 11 is 1.30. The molecule has 1 atom stereocenters. The average molecular weight is 518 g/mol. The summed E-state index contributed by atoms with van der Waals surface area (Å²) in [6.07, 6.45) is 3.04. The van der Waals surface area contributed by atoms with Crippen molar-refractivity contribution >= 4 is 56.5 Å². The van der Waals surface area contributed by atoms with Crippen molar-refractivity contribution in [1.29, 1.82) is 0 Å². The van der Waals surface area contributed by atoms with Gasteiger partial charge in [0.1, 0.15) is 29.6 Å². The molecule has 0 amide bonds. The molecule has 4 N–H and O–H groups in total. The van der Waals surface area contributed by atoms with Crippen LogP contribution in [0.5, 0.6) is 0 Å². The van der Waals surface area contributed by atoms with Gasteiger partial charge in [-0.25, -0.2) is 24.4 Å². The summed E-state index contributed by atoms with van der Waals surface area (Å²) in [5.74, 6) is 0.760. The Hall–Kier alpha value is -4.28. The van der Waals surface area contributed by atoms with Crippen molar-refractivity contribution in [2.75, 3.05) is 11.5 Å². The number of nitrogen functional groups attached to an aromatic ring is 2. The topological polar surface area (TPSA) is 139 Å². The van der Waals surface area contributed by atoms with Crippen molar-refractivity contribution in [3.05, 3.63) is 83.3 Å². The number of benzene rings is 2. The molecule has 0 fully saturated rings. The minimum absolute atomic E-state index is 0. The molecule has 0 aliphatic rings. The zero-order valence-corrected chi connectivity index (χ0v) is 20.6. The largest absolute Gasteiger partial charge is 0.424 e. The Labute approximate surface area is 214 Å². The number of fused-ring (bicyclic) bond motifs is 2. The van der Waals surface area contributed by atoms with Crippen LogP contribution in [-0.2, 0) is 0 Å². The molecule has 0 saturated heterocycles. The lowest BCUT2D eigenvalue weighted by Crippen LogP contribution is -2.14. The van der Waals surface area contributed by atoms with Crippen LogP contribution in [0.1, 0.15) is 18.7 Å². The maximum atomic E-state index is 13.0. The van der Waals surface area contributed by atoms with Gasteiger partial charge in [0.2, 0.25) is 0 Å². The zero-order valence-electron chi connectivity index (χ0n) is 19.0. The number of anilines is 2. The van der Waals surface area contributed by atoms with Gasteiger partial charge in [-0.3, -0.25) is 0 Å². The van der Waals surface area contributed by atoms with Crippen LogP contribution < -0.4 is 17.1 Å². The van der Waals surface area contributed by atoms with Crippen LogP contribution in [-0.4, -0.2) is 24.7 Å². The van der Waals surface area contributed by atoms with Gasteiger partial charge in [-0.05, 0) is 18.6 Å². The third kappa shape index (κ3) is 3.67. The molecule has 0 aliphatic heterocycles. The van der Waals surface area contributed by atoms with Crippen molar-refractivity contribution < 1.29 is 4.42 Å². The Balaban J connectivity index is 0.00000267. The van der Waals surface area contributed by atoms with E-state index in [0.29, 0.717) is 38.8 Å². The first-order valence-electron chi connectivity index (χ1n) is 10.8. The van der Waals surface area contributed by atoms with E-state index in [1.54, 1.807) is 16.9 Å². The van der Waals surface area contributed by atoms with Gasteiger partial charge in [0, 0.05) is 17.1 Å². The fourth-order valence-electron chi connectivity index (χ4n) is 4.36. The molecule has 36 heavy (non-hydrogen) atoms. The SMILES string of the molecule is CC(c1oc(=O)c2ccccc2c1-c1ccccc1)n1nc(-c2cnc(N)s2)c2c(N)ncnc21.Cl. The second kappa shape index (κ2) is 9.06. The summed E-state index contributed by atoms with van der Waals surface area (Å²) in [5.41, 5.74) is 14.5. The van der Waals surface area contributed by atoms with Crippen LogP contribution in [0.2, 0.25) is 0 Å². The Morgan fingerprint density at radius 3 is 2.42 bits per heavy atom. The first kappa shape index (κ1) is 23.5. The summed E-state index contributed by atoms with van der Waals surface area (Å²) in [7, 11) is 0. The predicted molar refractivity (Wildman–Crippen MR) is 144 cm³/mol. The van der Waals surface area contributed by atoms with E-state index in [2.05, 4.69) is 15.0 Å². The number of aromatic nitrogens is 5. The van der Waals surface area contributed by atoms with Crippen LogP contribution in [0.4, 0.5) is 10.9 Å². The first-order chi connectivity index (χ1) is 17.0. The van der Waals surface area contributed by atoms with Crippen LogP contribution in [0, 0.1) is 0 Å². The smallest absolute Gasteiger partial charge is 0.343 e. The summed E-state index contributed by atoms with van der Waals surface area (Å²) < 4.78 is 7.68. The molecule has 6 rings (SSSR count). The number of nitrogens with zero attached hydrogens (tertiary/aromatic N) is 5. The first-order valence-corrected chi connectivity index (χ1v) is 11.7. The molecular formula is C25H20ClN7O2S. The number of halogens is 1. The van der Waals surface area contributed by atoms with Gasteiger partial charge in [-0.2, -0.15) is 5.10 Å². The van der Waals surface area contributed by atoms with Crippen molar-refractivity contribution in [3.8, 4) is 21.7 Å². The number of rotatable bonds is 4. The molecule has 1 unspecified atom stereocenters. The Morgan fingerprint density at radius 1 is 0.972 bits per heavy atom. The number of nitrogens with two attached hydrogens (primary N) is 2. The van der Waals surface area contributed by atoms with Gasteiger partial charge in [0.25, 0.3) is 0 Å². The zero-order chi connectivity index (χ0) is 24.1. The number of thiazole rings is 1. The average Bonchev–Trinajstić information content (AvgIpc) is 3.48. The molecular weight excluding hydrogens is 498 g/mol. The van der Waals surface area contributed by atoms with Crippen molar-refractivity contribution in [1.82, 2.24) is 24.7 Å². The summed E-state index contributed by atoms with van der Waals surface area (Å²) in [4.78, 5) is 26.5. The van der Waals surface area contributed by atoms with Gasteiger partial charge in [-0.15, -0.1) is 12.4 Å². The van der Waals surface area contributed by atoms with E-state index in [-0.39, 0.29) is 12.4 Å². The fraction of sp³-hybridized carbons (Fsp3) is 0.0800. The molecule has 11 heteroatoms. The maximum Gasteiger partial charge on any atom is 0.343 e. The molecule has 0 radical (unpaired) electrons. The van der Waals surface area contributed by atoms with E-state index < -0.39 is 11.7 Å². The highest BCUT2D eigenvalue weighted by Crippen LogP contribution is 2.39. The van der Waals surface area contributed by atoms with Crippen LogP contribution >= 0.6 is 23.7 Å². The van der Waals surface area contributed by atoms with Gasteiger partial charge in [-0.1, -0.05) is 59.9 Å². The Kier molecular flexibility index (Phi) is 5.91. The third-order valence-corrected chi connectivity index (χ3v) is 6.78. The molecule has 6 aromatic rings. The summed E-state index contributed by atoms with van der Waals surface area (Å²) in [6.45, 7) is 1.91. The van der Waals surface area contributed by atoms with Gasteiger partial charge < -0.3 is 15.9 Å². The lowest BCUT2D eigenvalue weighted by atomic mass is 9.96. The minimum atomic E-state index is -0.502. The Bertz CT molecular complexity index is 1780. The van der Waals surface area contributed by atoms with Crippen molar-refractivity contribution in [2.45, 2.75) is 13.0 Å². The number of hydrogen-bond acceptors (Lipinski definition) is 9. The van der Waals surface area contributed by atoms with Crippen LogP contribution in [0.3, 0.4) is 0 Å². The van der Waals surface area contributed by atoms with Crippen LogP contribution in [0.25, 0.3) is 43.5 Å². The highest BCUT2D eigenvalue weighted by Gasteiger charge is 2.27. The minimum Gasteiger partial charge on any atom is -0.424 e. The fourth-order valence-corrected chi connectivity index (χ4v) is 5.04. The molecule has 9 nitrogen and oxygen atoms in total. The van der Waals surface area contributed by atoms with E-state index in [1.165, 1.54) is 17.7 Å². The van der Waals surface area contributed by atoms with Crippen LogP contribution in [0.15, 0.2) is 76.3 Å². The lowest BCUT2D eigenvalue weighted by molar-refractivity contribution is 0.405. The van der Waals surface area contributed by atoms with E-state index in [0.717, 1.165) is 21.4 Å². The van der Waals surface area contributed by atoms with Gasteiger partial charge >= 0.3 is 5.63 Å². The number of hydrogen-bond donors (Lipinski definition) is 2. The molecule has 0 bridgehead atoms. The van der Waals surface area contributed by atoms with E-state index in [4.69, 9.17) is 21.0 Å². The molecule has 0 saturated carbocycles. The second-order valence-electron chi connectivity index (χ2n) is 8.03. The lowest BCUT2D eigenvalue weighted by Gasteiger charge is -2.18. The Morgan fingerprint density at radius 2 is 1.69 bits per heavy atom. The summed E-state index contributed by atoms with van der Waals surface area (Å²) in [6, 6.07) is 16.8. The predicted octanol–water partition coefficient (Wildman–Crippen LogP) is 4.92. The van der Waals surface area contributed by atoms with Crippen molar-refractivity contribution in [3.63, 3.8) is 0 Å². The van der Waals surface area contributed by atoms with E-state index in [9.17, 15) is 4.79 Å². The van der Waals surface area contributed by atoms with Gasteiger partial charge in [0.05, 0.1) is 15.6 Å². The van der Waals surface area contributed by atoms with E-state index in [1.807, 2.05) is 55.5 Å².